The lowest BCUT2D eigenvalue weighted by Crippen LogP contribution is -2.47. The number of nitrogens with zero attached hydrogens (tertiary/aromatic N) is 3. The van der Waals surface area contributed by atoms with E-state index in [0.717, 1.165) is 44.8 Å². The van der Waals surface area contributed by atoms with Crippen molar-refractivity contribution in [2.45, 2.75) is 47.0 Å². The van der Waals surface area contributed by atoms with Crippen molar-refractivity contribution in [3.63, 3.8) is 0 Å². The summed E-state index contributed by atoms with van der Waals surface area (Å²) in [5.74, 6) is -0.0732. The second kappa shape index (κ2) is 11.9. The molecule has 2 heterocycles. The predicted molar refractivity (Wildman–Crippen MR) is 153 cm³/mol. The lowest BCUT2D eigenvalue weighted by atomic mass is 9.95. The number of aryl methyl sites for hydroxylation is 1. The van der Waals surface area contributed by atoms with Crippen LogP contribution in [0.3, 0.4) is 0 Å². The van der Waals surface area contributed by atoms with Crippen molar-refractivity contribution in [1.29, 1.82) is 0 Å². The lowest BCUT2D eigenvalue weighted by Gasteiger charge is -2.39. The van der Waals surface area contributed by atoms with Crippen LogP contribution in [0.1, 0.15) is 56.0 Å². The number of nitrogens with one attached hydrogen (secondary N) is 2. The molecular weight excluding hydrogens is 478 g/mol. The predicted octanol–water partition coefficient (Wildman–Crippen LogP) is 4.05. The molecule has 38 heavy (non-hydrogen) atoms. The Morgan fingerprint density at radius 1 is 0.921 bits per heavy atom. The monoisotopic (exact) mass is 519 g/mol. The van der Waals surface area contributed by atoms with Crippen molar-refractivity contribution in [1.82, 2.24) is 10.2 Å². The number of hydrogen-bond donors (Lipinski definition) is 2. The van der Waals surface area contributed by atoms with E-state index in [0.29, 0.717) is 37.2 Å². The second-order valence-electron chi connectivity index (χ2n) is 11.3. The molecule has 2 aromatic carbocycles. The smallest absolute Gasteiger partial charge is 0.251 e. The van der Waals surface area contributed by atoms with Gasteiger partial charge in [0.1, 0.15) is 0 Å². The highest BCUT2D eigenvalue weighted by Crippen LogP contribution is 2.31. The highest BCUT2D eigenvalue weighted by atomic mass is 16.2. The van der Waals surface area contributed by atoms with E-state index < -0.39 is 5.41 Å². The molecule has 2 aliphatic heterocycles. The Hall–Kier alpha value is -3.55. The van der Waals surface area contributed by atoms with Crippen LogP contribution in [0.4, 0.5) is 17.1 Å². The van der Waals surface area contributed by atoms with Gasteiger partial charge in [0.15, 0.2) is 0 Å². The van der Waals surface area contributed by atoms with Crippen LogP contribution in [0.5, 0.6) is 0 Å². The zero-order valence-electron chi connectivity index (χ0n) is 23.2. The summed E-state index contributed by atoms with van der Waals surface area (Å²) >= 11 is 0. The maximum absolute atomic E-state index is 12.9. The zero-order chi connectivity index (χ0) is 27.3. The summed E-state index contributed by atoms with van der Waals surface area (Å²) in [5, 5.41) is 6.05. The molecule has 2 N–H and O–H groups in total. The van der Waals surface area contributed by atoms with Gasteiger partial charge >= 0.3 is 0 Å². The van der Waals surface area contributed by atoms with Crippen molar-refractivity contribution < 1.29 is 14.4 Å². The molecule has 0 aliphatic carbocycles. The largest absolute Gasteiger partial charge is 0.368 e. The molecule has 0 saturated carbocycles. The van der Waals surface area contributed by atoms with E-state index in [1.54, 1.807) is 6.07 Å². The van der Waals surface area contributed by atoms with Crippen LogP contribution < -0.4 is 20.4 Å². The van der Waals surface area contributed by atoms with Gasteiger partial charge < -0.3 is 25.3 Å². The first-order valence-corrected chi connectivity index (χ1v) is 13.7. The second-order valence-corrected chi connectivity index (χ2v) is 11.3. The number of amides is 3. The third-order valence-corrected chi connectivity index (χ3v) is 7.33. The van der Waals surface area contributed by atoms with Gasteiger partial charge in [0.25, 0.3) is 5.91 Å². The van der Waals surface area contributed by atoms with Crippen LogP contribution in [0.2, 0.25) is 0 Å². The molecular formula is C30H41N5O3. The van der Waals surface area contributed by atoms with Crippen LogP contribution in [0.25, 0.3) is 0 Å². The Balaban J connectivity index is 1.44. The summed E-state index contributed by atoms with van der Waals surface area (Å²) in [4.78, 5) is 44.2. The molecule has 0 radical (unpaired) electrons. The fraction of sp³-hybridized carbons (Fsp3) is 0.500. The molecule has 2 aromatic rings. The summed E-state index contributed by atoms with van der Waals surface area (Å²) < 4.78 is 0. The van der Waals surface area contributed by atoms with Gasteiger partial charge in [-0.1, -0.05) is 39.0 Å². The first-order chi connectivity index (χ1) is 18.1. The lowest BCUT2D eigenvalue weighted by molar-refractivity contribution is -0.127. The SMILES string of the molecule is Cc1ccccc1N1CCN(c2ccc(C(=O)NCCCN3CCCC3=O)cc2NC(=O)C(C)(C)C)CC1. The first-order valence-electron chi connectivity index (χ1n) is 13.7. The molecule has 204 valence electrons. The van der Waals surface area contributed by atoms with Gasteiger partial charge in [-0.3, -0.25) is 14.4 Å². The molecule has 3 amide bonds. The van der Waals surface area contributed by atoms with E-state index in [-0.39, 0.29) is 17.7 Å². The van der Waals surface area contributed by atoms with Gasteiger partial charge in [-0.2, -0.15) is 0 Å². The quantitative estimate of drug-likeness (QED) is 0.514. The molecule has 8 heteroatoms. The molecule has 2 saturated heterocycles. The standard InChI is InChI=1S/C30H41N5O3/c1-22-9-5-6-10-25(22)33-17-19-34(20-18-33)26-13-12-23(21-24(26)32-29(38)30(2,3)4)28(37)31-14-8-16-35-15-7-11-27(35)36/h5-6,9-10,12-13,21H,7-8,11,14-20H2,1-4H3,(H,31,37)(H,32,38). The maximum Gasteiger partial charge on any atom is 0.251 e. The van der Waals surface area contributed by atoms with Gasteiger partial charge in [0.05, 0.1) is 11.4 Å². The number of likely N-dealkylation sites (tertiary alicyclic amines) is 1. The molecule has 0 spiro atoms. The minimum absolute atomic E-state index is 0.0925. The van der Waals surface area contributed by atoms with E-state index in [1.807, 2.05) is 37.8 Å². The zero-order valence-corrected chi connectivity index (χ0v) is 23.2. The van der Waals surface area contributed by atoms with Crippen molar-refractivity contribution in [2.75, 3.05) is 60.9 Å². The Labute approximate surface area is 226 Å². The highest BCUT2D eigenvalue weighted by Gasteiger charge is 2.26. The van der Waals surface area contributed by atoms with Crippen LogP contribution in [0.15, 0.2) is 42.5 Å². The Bertz CT molecular complexity index is 1160. The van der Waals surface area contributed by atoms with Crippen LogP contribution in [-0.4, -0.2) is 68.4 Å². The van der Waals surface area contributed by atoms with Crippen LogP contribution in [-0.2, 0) is 9.59 Å². The number of rotatable bonds is 8. The van der Waals surface area contributed by atoms with Crippen LogP contribution >= 0.6 is 0 Å². The van der Waals surface area contributed by atoms with E-state index in [2.05, 4.69) is 51.6 Å². The molecule has 8 nitrogen and oxygen atoms in total. The minimum atomic E-state index is -0.563. The number of benzene rings is 2. The average molecular weight is 520 g/mol. The minimum Gasteiger partial charge on any atom is -0.368 e. The fourth-order valence-electron chi connectivity index (χ4n) is 4.98. The van der Waals surface area contributed by atoms with Crippen LogP contribution in [0, 0.1) is 12.3 Å². The third-order valence-electron chi connectivity index (χ3n) is 7.33. The summed E-state index contributed by atoms with van der Waals surface area (Å²) in [5.41, 5.74) is 4.05. The third kappa shape index (κ3) is 6.65. The number of piperazine rings is 1. The molecule has 0 unspecified atom stereocenters. The van der Waals surface area contributed by atoms with Gasteiger partial charge in [0.2, 0.25) is 11.8 Å². The van der Waals surface area contributed by atoms with E-state index in [9.17, 15) is 14.4 Å². The Morgan fingerprint density at radius 2 is 1.61 bits per heavy atom. The fourth-order valence-corrected chi connectivity index (χ4v) is 4.98. The topological polar surface area (TPSA) is 85.0 Å². The van der Waals surface area contributed by atoms with Crippen molar-refractivity contribution in [2.24, 2.45) is 5.41 Å². The number of carbonyl (C=O) groups excluding carboxylic acids is 3. The van der Waals surface area contributed by atoms with E-state index >= 15 is 0 Å². The maximum atomic E-state index is 12.9. The number of anilines is 3. The number of hydrogen-bond acceptors (Lipinski definition) is 5. The molecule has 0 bridgehead atoms. The van der Waals surface area contributed by atoms with Gasteiger partial charge in [-0.25, -0.2) is 0 Å². The summed E-state index contributed by atoms with van der Waals surface area (Å²) in [6.45, 7) is 13.1. The van der Waals surface area contributed by atoms with E-state index in [1.165, 1.54) is 11.3 Å². The molecule has 2 fully saturated rings. The summed E-state index contributed by atoms with van der Waals surface area (Å²) in [7, 11) is 0. The molecule has 4 rings (SSSR count). The van der Waals surface area contributed by atoms with Crippen molar-refractivity contribution in [3.8, 4) is 0 Å². The molecule has 0 atom stereocenters. The average Bonchev–Trinajstić information content (AvgIpc) is 3.30. The van der Waals surface area contributed by atoms with Crippen molar-refractivity contribution >= 4 is 34.8 Å². The van der Waals surface area contributed by atoms with Gasteiger partial charge in [-0.05, 0) is 49.6 Å². The van der Waals surface area contributed by atoms with Gasteiger partial charge in [0, 0.05) is 68.9 Å². The first kappa shape index (κ1) is 27.5. The summed E-state index contributed by atoms with van der Waals surface area (Å²) in [6.07, 6.45) is 2.26. The number of carbonyl (C=O) groups is 3. The van der Waals surface area contributed by atoms with E-state index in [4.69, 9.17) is 0 Å². The normalized spacial score (nSPS) is 16.1. The Kier molecular flexibility index (Phi) is 8.59. The van der Waals surface area contributed by atoms with Gasteiger partial charge in [-0.15, -0.1) is 0 Å². The highest BCUT2D eigenvalue weighted by molar-refractivity contribution is 6.01. The molecule has 0 aromatic heterocycles. The molecule has 2 aliphatic rings. The summed E-state index contributed by atoms with van der Waals surface area (Å²) in [6, 6.07) is 14.0. The Morgan fingerprint density at radius 3 is 2.24 bits per heavy atom. The number of para-hydroxylation sites is 1. The van der Waals surface area contributed by atoms with Crippen molar-refractivity contribution in [3.05, 3.63) is 53.6 Å².